The summed E-state index contributed by atoms with van der Waals surface area (Å²) in [5.41, 5.74) is 0.497. The monoisotopic (exact) mass is 434 g/mol. The lowest BCUT2D eigenvalue weighted by molar-refractivity contribution is -0.156. The van der Waals surface area contributed by atoms with Gasteiger partial charge in [0.2, 0.25) is 15.9 Å². The fraction of sp³-hybridized carbons (Fsp3) is 0.636. The van der Waals surface area contributed by atoms with E-state index in [0.717, 1.165) is 38.5 Å². The molecule has 0 radical (unpaired) electrons. The highest BCUT2D eigenvalue weighted by Gasteiger charge is 2.50. The number of rotatable bonds is 5. The zero-order valence-electron chi connectivity index (χ0n) is 17.3. The molecule has 2 N–H and O–H groups in total. The molecule has 3 saturated carbocycles. The van der Waals surface area contributed by atoms with Crippen molar-refractivity contribution in [2.45, 2.75) is 50.3 Å². The Kier molecular flexibility index (Phi) is 5.90. The van der Waals surface area contributed by atoms with Gasteiger partial charge < -0.3 is 10.4 Å². The van der Waals surface area contributed by atoms with Crippen molar-refractivity contribution in [3.05, 3.63) is 24.3 Å². The average Bonchev–Trinajstić information content (AvgIpc) is 2.74. The van der Waals surface area contributed by atoms with E-state index in [1.807, 2.05) is 0 Å². The first kappa shape index (κ1) is 21.3. The Balaban J connectivity index is 1.46. The minimum absolute atomic E-state index is 0.0723. The number of anilines is 1. The number of fused-ring (bicyclic) bond motifs is 3. The van der Waals surface area contributed by atoms with Crippen molar-refractivity contribution >= 4 is 27.6 Å². The SMILES string of the molecule is CC1CCN(S(=O)(=O)c2ccc(NC(=O)[C@H]3C4CCC(CC4)[C@@H]3C(=O)O)cc2)CC1. The van der Waals surface area contributed by atoms with Crippen molar-refractivity contribution < 1.29 is 23.1 Å². The normalized spacial score (nSPS) is 30.2. The van der Waals surface area contributed by atoms with E-state index in [0.29, 0.717) is 24.7 Å². The molecule has 4 aliphatic rings. The molecule has 5 rings (SSSR count). The van der Waals surface area contributed by atoms with Crippen LogP contribution < -0.4 is 5.32 Å². The van der Waals surface area contributed by atoms with E-state index in [1.165, 1.54) is 16.4 Å². The summed E-state index contributed by atoms with van der Waals surface area (Å²) in [5.74, 6) is -1.58. The third-order valence-corrected chi connectivity index (χ3v) is 9.22. The van der Waals surface area contributed by atoms with Crippen LogP contribution in [0.5, 0.6) is 0 Å². The molecule has 2 atom stereocenters. The lowest BCUT2D eigenvalue weighted by atomic mass is 9.58. The molecule has 4 fully saturated rings. The number of sulfonamides is 1. The fourth-order valence-corrected chi connectivity index (χ4v) is 6.96. The molecule has 30 heavy (non-hydrogen) atoms. The number of hydrogen-bond acceptors (Lipinski definition) is 4. The van der Waals surface area contributed by atoms with Crippen LogP contribution in [0.15, 0.2) is 29.2 Å². The zero-order valence-corrected chi connectivity index (χ0v) is 18.1. The van der Waals surface area contributed by atoms with E-state index in [-0.39, 0.29) is 22.6 Å². The van der Waals surface area contributed by atoms with Gasteiger partial charge in [-0.15, -0.1) is 0 Å². The second-order valence-corrected chi connectivity index (χ2v) is 11.1. The Hall–Kier alpha value is -1.93. The van der Waals surface area contributed by atoms with Gasteiger partial charge in [0.25, 0.3) is 0 Å². The maximum absolute atomic E-state index is 12.9. The van der Waals surface area contributed by atoms with E-state index in [4.69, 9.17) is 0 Å². The van der Waals surface area contributed by atoms with Crippen molar-refractivity contribution in [2.24, 2.45) is 29.6 Å². The number of nitrogens with zero attached hydrogens (tertiary/aromatic N) is 1. The predicted octanol–water partition coefficient (Wildman–Crippen LogP) is 3.18. The Bertz CT molecular complexity index is 898. The first-order valence-corrected chi connectivity index (χ1v) is 12.3. The lowest BCUT2D eigenvalue weighted by Gasteiger charge is -2.45. The summed E-state index contributed by atoms with van der Waals surface area (Å²) >= 11 is 0. The van der Waals surface area contributed by atoms with Crippen molar-refractivity contribution in [1.29, 1.82) is 0 Å². The van der Waals surface area contributed by atoms with Crippen LogP contribution in [0, 0.1) is 29.6 Å². The van der Waals surface area contributed by atoms with Gasteiger partial charge in [0, 0.05) is 18.8 Å². The minimum Gasteiger partial charge on any atom is -0.481 e. The molecule has 0 spiro atoms. The molecule has 8 heteroatoms. The van der Waals surface area contributed by atoms with Crippen molar-refractivity contribution in [1.82, 2.24) is 4.31 Å². The Morgan fingerprint density at radius 1 is 0.933 bits per heavy atom. The minimum atomic E-state index is -3.54. The number of carbonyl (C=O) groups excluding carboxylic acids is 1. The maximum atomic E-state index is 12.9. The molecule has 1 heterocycles. The molecule has 1 saturated heterocycles. The number of aliphatic carboxylic acids is 1. The van der Waals surface area contributed by atoms with Crippen LogP contribution in [-0.4, -0.2) is 42.8 Å². The molecular weight excluding hydrogens is 404 g/mol. The number of carboxylic acids is 1. The van der Waals surface area contributed by atoms with Gasteiger partial charge >= 0.3 is 5.97 Å². The predicted molar refractivity (Wildman–Crippen MR) is 112 cm³/mol. The number of nitrogens with one attached hydrogen (secondary N) is 1. The second kappa shape index (κ2) is 8.30. The molecule has 0 unspecified atom stereocenters. The third kappa shape index (κ3) is 3.99. The molecule has 1 amide bonds. The third-order valence-electron chi connectivity index (χ3n) is 7.31. The van der Waals surface area contributed by atoms with Crippen LogP contribution >= 0.6 is 0 Å². The number of carbonyl (C=O) groups is 2. The molecular formula is C22H30N2O5S. The Morgan fingerprint density at radius 2 is 1.47 bits per heavy atom. The molecule has 7 nitrogen and oxygen atoms in total. The van der Waals surface area contributed by atoms with Crippen LogP contribution in [0.2, 0.25) is 0 Å². The summed E-state index contributed by atoms with van der Waals surface area (Å²) < 4.78 is 27.2. The summed E-state index contributed by atoms with van der Waals surface area (Å²) in [6.45, 7) is 3.19. The van der Waals surface area contributed by atoms with Crippen LogP contribution in [0.1, 0.15) is 45.4 Å². The van der Waals surface area contributed by atoms with Crippen LogP contribution in [0.3, 0.4) is 0 Å². The van der Waals surface area contributed by atoms with Gasteiger partial charge in [-0.05, 0) is 80.5 Å². The number of amides is 1. The summed E-state index contributed by atoms with van der Waals surface area (Å²) in [5, 5.41) is 12.5. The summed E-state index contributed by atoms with van der Waals surface area (Å²) in [7, 11) is -3.54. The van der Waals surface area contributed by atoms with Gasteiger partial charge in [-0.1, -0.05) is 6.92 Å². The molecule has 1 aromatic carbocycles. The molecule has 3 aliphatic carbocycles. The van der Waals surface area contributed by atoms with E-state index in [2.05, 4.69) is 12.2 Å². The van der Waals surface area contributed by atoms with Crippen LogP contribution in [-0.2, 0) is 19.6 Å². The molecule has 1 aliphatic heterocycles. The highest BCUT2D eigenvalue weighted by Crippen LogP contribution is 2.49. The lowest BCUT2D eigenvalue weighted by Crippen LogP contribution is -2.49. The summed E-state index contributed by atoms with van der Waals surface area (Å²) in [6, 6.07) is 6.22. The fourth-order valence-electron chi connectivity index (χ4n) is 5.49. The average molecular weight is 435 g/mol. The van der Waals surface area contributed by atoms with Gasteiger partial charge in [-0.2, -0.15) is 4.31 Å². The van der Waals surface area contributed by atoms with Crippen LogP contribution in [0.25, 0.3) is 0 Å². The highest BCUT2D eigenvalue weighted by atomic mass is 32.2. The van der Waals surface area contributed by atoms with Gasteiger partial charge in [0.05, 0.1) is 16.7 Å². The smallest absolute Gasteiger partial charge is 0.307 e. The second-order valence-electron chi connectivity index (χ2n) is 9.16. The zero-order chi connectivity index (χ0) is 21.5. The standard InChI is InChI=1S/C22H30N2O5S/c1-14-10-12-24(13-11-14)30(28,29)18-8-6-17(7-9-18)23-21(25)19-15-2-4-16(5-3-15)20(19)22(26)27/h6-9,14-16,19-20H,2-5,10-13H2,1H3,(H,23,25)(H,26,27)/t15?,16?,19-,20-/m0/s1. The first-order valence-electron chi connectivity index (χ1n) is 10.9. The summed E-state index contributed by atoms with van der Waals surface area (Å²) in [6.07, 6.45) is 5.29. The first-order chi connectivity index (χ1) is 14.3. The van der Waals surface area contributed by atoms with Gasteiger partial charge in [0.1, 0.15) is 0 Å². The van der Waals surface area contributed by atoms with E-state index < -0.39 is 27.8 Å². The number of benzene rings is 1. The molecule has 0 aromatic heterocycles. The maximum Gasteiger partial charge on any atom is 0.307 e. The molecule has 164 valence electrons. The van der Waals surface area contributed by atoms with E-state index in [1.54, 1.807) is 12.1 Å². The van der Waals surface area contributed by atoms with Crippen molar-refractivity contribution in [2.75, 3.05) is 18.4 Å². The highest BCUT2D eigenvalue weighted by molar-refractivity contribution is 7.89. The topological polar surface area (TPSA) is 104 Å². The number of hydrogen-bond donors (Lipinski definition) is 2. The quantitative estimate of drug-likeness (QED) is 0.741. The van der Waals surface area contributed by atoms with Crippen molar-refractivity contribution in [3.8, 4) is 0 Å². The summed E-state index contributed by atoms with van der Waals surface area (Å²) in [4.78, 5) is 24.9. The van der Waals surface area contributed by atoms with Crippen molar-refractivity contribution in [3.63, 3.8) is 0 Å². The molecule has 1 aromatic rings. The molecule has 2 bridgehead atoms. The Morgan fingerprint density at radius 3 is 2.00 bits per heavy atom. The van der Waals surface area contributed by atoms with Crippen LogP contribution in [0.4, 0.5) is 5.69 Å². The van der Waals surface area contributed by atoms with Gasteiger partial charge in [-0.25, -0.2) is 8.42 Å². The Labute approximate surface area is 177 Å². The van der Waals surface area contributed by atoms with E-state index >= 15 is 0 Å². The number of carboxylic acid groups (broad SMARTS) is 1. The van der Waals surface area contributed by atoms with Gasteiger partial charge in [-0.3, -0.25) is 9.59 Å². The van der Waals surface area contributed by atoms with Gasteiger partial charge in [0.15, 0.2) is 0 Å². The largest absolute Gasteiger partial charge is 0.481 e. The van der Waals surface area contributed by atoms with E-state index in [9.17, 15) is 23.1 Å². The number of piperidine rings is 1.